The van der Waals surface area contributed by atoms with Crippen LogP contribution >= 0.6 is 0 Å². The van der Waals surface area contributed by atoms with E-state index in [4.69, 9.17) is 11.5 Å². The van der Waals surface area contributed by atoms with E-state index in [-0.39, 0.29) is 0 Å². The lowest BCUT2D eigenvalue weighted by Gasteiger charge is -2.09. The number of guanidine groups is 2. The topological polar surface area (TPSA) is 95.3 Å². The average molecular weight is 271 g/mol. The highest BCUT2D eigenvalue weighted by Gasteiger charge is 1.96. The van der Waals surface area contributed by atoms with Gasteiger partial charge in [-0.25, -0.2) is 0 Å². The zero-order valence-corrected chi connectivity index (χ0v) is 12.7. The Bertz CT molecular complexity index is 256. The fourth-order valence-corrected chi connectivity index (χ4v) is 1.38. The third-order valence-electron chi connectivity index (χ3n) is 2.35. The second-order valence-corrected chi connectivity index (χ2v) is 4.97. The highest BCUT2D eigenvalue weighted by atomic mass is 15.2. The minimum Gasteiger partial charge on any atom is -0.370 e. The highest BCUT2D eigenvalue weighted by Crippen LogP contribution is 1.85. The van der Waals surface area contributed by atoms with Crippen LogP contribution in [0.4, 0.5) is 0 Å². The van der Waals surface area contributed by atoms with Crippen LogP contribution in [0.3, 0.4) is 0 Å². The van der Waals surface area contributed by atoms with E-state index in [1.54, 1.807) is 0 Å². The smallest absolute Gasteiger partial charge is 0.195 e. The molecule has 0 unspecified atom stereocenters. The summed E-state index contributed by atoms with van der Waals surface area (Å²) in [6, 6.07) is 0. The number of rotatable bonds is 8. The zero-order valence-electron chi connectivity index (χ0n) is 12.7. The summed E-state index contributed by atoms with van der Waals surface area (Å²) in [5.74, 6) is 0.653. The zero-order chi connectivity index (χ0) is 14.7. The fraction of sp³-hybridized carbons (Fsp3) is 0.833. The van der Waals surface area contributed by atoms with Crippen molar-refractivity contribution in [1.82, 2.24) is 15.1 Å². The lowest BCUT2D eigenvalue weighted by Crippen LogP contribution is -2.41. The van der Waals surface area contributed by atoms with Crippen LogP contribution < -0.4 is 16.8 Å². The van der Waals surface area contributed by atoms with E-state index >= 15 is 0 Å². The predicted molar refractivity (Wildman–Crippen MR) is 82.5 cm³/mol. The van der Waals surface area contributed by atoms with Gasteiger partial charge in [-0.05, 0) is 54.1 Å². The Morgan fingerprint density at radius 3 is 1.53 bits per heavy atom. The van der Waals surface area contributed by atoms with Gasteiger partial charge in [0, 0.05) is 13.1 Å². The number of nitrogens with one attached hydrogen (secondary N) is 1. The van der Waals surface area contributed by atoms with Crippen LogP contribution in [0.5, 0.6) is 0 Å². The molecule has 7 nitrogen and oxygen atoms in total. The van der Waals surface area contributed by atoms with Crippen LogP contribution in [0.25, 0.3) is 0 Å². The van der Waals surface area contributed by atoms with Crippen LogP contribution in [0.1, 0.15) is 12.8 Å². The molecular formula is C12H29N7. The SMILES string of the molecule is CN(C)CCCN=C(N)NC(N)=NCCCN(C)C. The number of aliphatic imine (C=N–C) groups is 2. The third kappa shape index (κ3) is 12.9. The van der Waals surface area contributed by atoms with Crippen LogP contribution in [0.2, 0.25) is 0 Å². The summed E-state index contributed by atoms with van der Waals surface area (Å²) < 4.78 is 0. The van der Waals surface area contributed by atoms with E-state index in [2.05, 4.69) is 25.1 Å². The molecule has 5 N–H and O–H groups in total. The summed E-state index contributed by atoms with van der Waals surface area (Å²) in [5, 5.41) is 2.78. The highest BCUT2D eigenvalue weighted by molar-refractivity contribution is 5.96. The predicted octanol–water partition coefficient (Wildman–Crippen LogP) is -0.891. The molecule has 0 saturated carbocycles. The molecule has 0 aromatic carbocycles. The van der Waals surface area contributed by atoms with Gasteiger partial charge in [-0.1, -0.05) is 0 Å². The second-order valence-electron chi connectivity index (χ2n) is 4.97. The Kier molecular flexibility index (Phi) is 9.82. The summed E-state index contributed by atoms with van der Waals surface area (Å²) in [4.78, 5) is 12.6. The molecule has 0 fully saturated rings. The van der Waals surface area contributed by atoms with Gasteiger partial charge in [-0.15, -0.1) is 0 Å². The largest absolute Gasteiger partial charge is 0.370 e. The molecule has 0 aromatic rings. The number of hydrogen-bond acceptors (Lipinski definition) is 4. The standard InChI is InChI=1S/C12H29N7/c1-18(2)9-5-7-15-11(13)17-12(14)16-8-6-10-19(3)4/h5-10H2,1-4H3,(H5,13,14,15,16,17). The Morgan fingerprint density at radius 1 is 0.842 bits per heavy atom. The van der Waals surface area contributed by atoms with Crippen molar-refractivity contribution in [3.63, 3.8) is 0 Å². The number of nitrogens with two attached hydrogens (primary N) is 2. The van der Waals surface area contributed by atoms with Gasteiger partial charge < -0.3 is 21.3 Å². The maximum atomic E-state index is 5.70. The molecule has 0 aliphatic heterocycles. The normalized spacial score (nSPS) is 13.4. The minimum atomic E-state index is 0.326. The molecule has 0 bridgehead atoms. The number of nitrogens with zero attached hydrogens (tertiary/aromatic N) is 4. The quantitative estimate of drug-likeness (QED) is 0.302. The van der Waals surface area contributed by atoms with Gasteiger partial charge in [0.1, 0.15) is 0 Å². The van der Waals surface area contributed by atoms with E-state index in [9.17, 15) is 0 Å². The van der Waals surface area contributed by atoms with Crippen molar-refractivity contribution in [3.05, 3.63) is 0 Å². The van der Waals surface area contributed by atoms with Crippen molar-refractivity contribution < 1.29 is 0 Å². The number of hydrogen-bond donors (Lipinski definition) is 3. The Balaban J connectivity index is 3.80. The van der Waals surface area contributed by atoms with Crippen LogP contribution in [-0.4, -0.2) is 76.1 Å². The summed E-state index contributed by atoms with van der Waals surface area (Å²) in [7, 11) is 8.13. The van der Waals surface area contributed by atoms with Gasteiger partial charge in [0.2, 0.25) is 0 Å². The fourth-order valence-electron chi connectivity index (χ4n) is 1.38. The van der Waals surface area contributed by atoms with Gasteiger partial charge in [-0.2, -0.15) is 0 Å². The van der Waals surface area contributed by atoms with Gasteiger partial charge in [-0.3, -0.25) is 15.3 Å². The van der Waals surface area contributed by atoms with Gasteiger partial charge >= 0.3 is 0 Å². The van der Waals surface area contributed by atoms with E-state index < -0.39 is 0 Å². The molecule has 0 radical (unpaired) electrons. The van der Waals surface area contributed by atoms with E-state index in [0.29, 0.717) is 25.0 Å². The first-order valence-corrected chi connectivity index (χ1v) is 6.58. The Labute approximate surface area is 116 Å². The molecule has 0 aromatic heterocycles. The van der Waals surface area contributed by atoms with E-state index in [0.717, 1.165) is 25.9 Å². The molecule has 0 amide bonds. The molecule has 7 heteroatoms. The molecule has 0 saturated heterocycles. The molecule has 0 spiro atoms. The summed E-state index contributed by atoms with van der Waals surface area (Å²) in [6.07, 6.45) is 1.94. The van der Waals surface area contributed by atoms with Crippen LogP contribution in [0, 0.1) is 0 Å². The van der Waals surface area contributed by atoms with Gasteiger partial charge in [0.25, 0.3) is 0 Å². The van der Waals surface area contributed by atoms with Crippen molar-refractivity contribution in [2.45, 2.75) is 12.8 Å². The lowest BCUT2D eigenvalue weighted by atomic mass is 10.4. The molecule has 0 atom stereocenters. The van der Waals surface area contributed by atoms with Crippen molar-refractivity contribution in [2.75, 3.05) is 54.4 Å². The Morgan fingerprint density at radius 2 is 1.21 bits per heavy atom. The van der Waals surface area contributed by atoms with Crippen LogP contribution in [-0.2, 0) is 0 Å². The first-order chi connectivity index (χ1) is 8.91. The second kappa shape index (κ2) is 10.6. The van der Waals surface area contributed by atoms with Crippen LogP contribution in [0.15, 0.2) is 9.98 Å². The first-order valence-electron chi connectivity index (χ1n) is 6.58. The summed E-state index contributed by atoms with van der Waals surface area (Å²) >= 11 is 0. The monoisotopic (exact) mass is 271 g/mol. The molecule has 0 aliphatic rings. The minimum absolute atomic E-state index is 0.326. The van der Waals surface area contributed by atoms with E-state index in [1.165, 1.54) is 0 Å². The molecule has 0 aliphatic carbocycles. The van der Waals surface area contributed by atoms with Crippen molar-refractivity contribution in [1.29, 1.82) is 0 Å². The van der Waals surface area contributed by atoms with Crippen molar-refractivity contribution in [3.8, 4) is 0 Å². The Hall–Kier alpha value is -1.34. The summed E-state index contributed by atoms with van der Waals surface area (Å²) in [6.45, 7) is 3.35. The maximum Gasteiger partial charge on any atom is 0.195 e. The van der Waals surface area contributed by atoms with E-state index in [1.807, 2.05) is 28.2 Å². The van der Waals surface area contributed by atoms with Gasteiger partial charge in [0.15, 0.2) is 11.9 Å². The third-order valence-corrected chi connectivity index (χ3v) is 2.35. The first kappa shape index (κ1) is 17.7. The average Bonchev–Trinajstić information content (AvgIpc) is 2.30. The lowest BCUT2D eigenvalue weighted by molar-refractivity contribution is 0.403. The molecule has 19 heavy (non-hydrogen) atoms. The van der Waals surface area contributed by atoms with Gasteiger partial charge in [0.05, 0.1) is 0 Å². The van der Waals surface area contributed by atoms with Crippen molar-refractivity contribution in [2.24, 2.45) is 21.5 Å². The maximum absolute atomic E-state index is 5.70. The summed E-state index contributed by atoms with van der Waals surface area (Å²) in [5.41, 5.74) is 11.4. The molecule has 0 rings (SSSR count). The molecule has 0 heterocycles. The molecule has 112 valence electrons. The molecular weight excluding hydrogens is 242 g/mol. The van der Waals surface area contributed by atoms with Crippen molar-refractivity contribution >= 4 is 11.9 Å².